The predicted molar refractivity (Wildman–Crippen MR) is 62.6 cm³/mol. The van der Waals surface area contributed by atoms with E-state index in [9.17, 15) is 0 Å². The average molecular weight is 198 g/mol. The van der Waals surface area contributed by atoms with Crippen LogP contribution >= 0.6 is 0 Å². The molecule has 0 aliphatic heterocycles. The first-order valence-corrected chi connectivity index (χ1v) is 5.24. The van der Waals surface area contributed by atoms with E-state index >= 15 is 0 Å². The second-order valence-corrected chi connectivity index (χ2v) is 3.55. The van der Waals surface area contributed by atoms with Crippen molar-refractivity contribution in [2.24, 2.45) is 0 Å². The highest BCUT2D eigenvalue weighted by atomic mass is 15.1. The van der Waals surface area contributed by atoms with Crippen LogP contribution in [0.25, 0.3) is 11.0 Å². The molecule has 1 aromatic heterocycles. The smallest absolute Gasteiger partial charge is 0.121 e. The van der Waals surface area contributed by atoms with Gasteiger partial charge in [-0.2, -0.15) is 0 Å². The van der Waals surface area contributed by atoms with E-state index in [-0.39, 0.29) is 0 Å². The van der Waals surface area contributed by atoms with Crippen molar-refractivity contribution in [3.63, 3.8) is 0 Å². The van der Waals surface area contributed by atoms with E-state index in [0.717, 1.165) is 24.3 Å². The topological polar surface area (TPSA) is 17.8 Å². The highest BCUT2D eigenvalue weighted by Crippen LogP contribution is 2.16. The van der Waals surface area contributed by atoms with Crippen LogP contribution in [0.2, 0.25) is 0 Å². The number of nitrogens with zero attached hydrogens (tertiary/aromatic N) is 2. The van der Waals surface area contributed by atoms with Gasteiger partial charge in [-0.15, -0.1) is 6.42 Å². The Morgan fingerprint density at radius 2 is 2.20 bits per heavy atom. The van der Waals surface area contributed by atoms with E-state index in [1.54, 1.807) is 0 Å². The Bertz CT molecular complexity index is 503. The van der Waals surface area contributed by atoms with Crippen LogP contribution in [0.1, 0.15) is 19.2 Å². The molecule has 0 amide bonds. The molecule has 1 aromatic carbocycles. The van der Waals surface area contributed by atoms with Crippen molar-refractivity contribution in [3.8, 4) is 12.3 Å². The number of terminal acetylenes is 1. The molecule has 2 aromatic rings. The molecule has 0 unspecified atom stereocenters. The van der Waals surface area contributed by atoms with Gasteiger partial charge in [-0.3, -0.25) is 0 Å². The third-order valence-electron chi connectivity index (χ3n) is 2.44. The lowest BCUT2D eigenvalue weighted by atomic mass is 10.3. The Kier molecular flexibility index (Phi) is 2.73. The number of rotatable bonds is 3. The molecule has 0 fully saturated rings. The van der Waals surface area contributed by atoms with Gasteiger partial charge in [0.1, 0.15) is 5.82 Å². The van der Waals surface area contributed by atoms with Gasteiger partial charge < -0.3 is 4.57 Å². The summed E-state index contributed by atoms with van der Waals surface area (Å²) in [6.07, 6.45) is 7.05. The second-order valence-electron chi connectivity index (χ2n) is 3.55. The van der Waals surface area contributed by atoms with Gasteiger partial charge in [0.2, 0.25) is 0 Å². The molecule has 0 atom stereocenters. The number of aryl methyl sites for hydroxylation is 1. The van der Waals surface area contributed by atoms with Crippen LogP contribution in [0, 0.1) is 12.3 Å². The van der Waals surface area contributed by atoms with Gasteiger partial charge in [0.25, 0.3) is 0 Å². The zero-order chi connectivity index (χ0) is 10.7. The second kappa shape index (κ2) is 4.18. The summed E-state index contributed by atoms with van der Waals surface area (Å²) in [5.41, 5.74) is 2.22. The molecule has 15 heavy (non-hydrogen) atoms. The molecule has 0 saturated heterocycles. The summed E-state index contributed by atoms with van der Waals surface area (Å²) < 4.78 is 2.22. The summed E-state index contributed by atoms with van der Waals surface area (Å²) in [5, 5.41) is 0. The third-order valence-corrected chi connectivity index (χ3v) is 2.44. The van der Waals surface area contributed by atoms with Crippen LogP contribution in [0.4, 0.5) is 0 Å². The maximum atomic E-state index is 5.34. The minimum atomic E-state index is 0.606. The van der Waals surface area contributed by atoms with Crippen LogP contribution in [0.15, 0.2) is 24.3 Å². The number of imidazole rings is 1. The van der Waals surface area contributed by atoms with Crippen LogP contribution in [-0.4, -0.2) is 9.55 Å². The summed E-state index contributed by atoms with van der Waals surface area (Å²) in [7, 11) is 0. The molecule has 0 spiro atoms. The number of benzene rings is 1. The summed E-state index contributed by atoms with van der Waals surface area (Å²) in [6, 6.07) is 8.17. The fraction of sp³-hybridized carbons (Fsp3) is 0.308. The minimum absolute atomic E-state index is 0.606. The van der Waals surface area contributed by atoms with E-state index in [1.807, 2.05) is 18.2 Å². The third kappa shape index (κ3) is 1.73. The summed E-state index contributed by atoms with van der Waals surface area (Å²) >= 11 is 0. The number of para-hydroxylation sites is 2. The molecular weight excluding hydrogens is 184 g/mol. The zero-order valence-electron chi connectivity index (χ0n) is 8.90. The van der Waals surface area contributed by atoms with E-state index in [2.05, 4.69) is 28.5 Å². The molecule has 76 valence electrons. The Hall–Kier alpha value is -1.75. The highest BCUT2D eigenvalue weighted by Gasteiger charge is 2.07. The van der Waals surface area contributed by atoms with Gasteiger partial charge in [-0.25, -0.2) is 4.98 Å². The molecule has 0 bridgehead atoms. The zero-order valence-corrected chi connectivity index (χ0v) is 8.90. The predicted octanol–water partition coefficient (Wildman–Crippen LogP) is 2.62. The maximum Gasteiger partial charge on any atom is 0.121 e. The van der Waals surface area contributed by atoms with Crippen LogP contribution in [-0.2, 0) is 13.0 Å². The van der Waals surface area contributed by atoms with Crippen molar-refractivity contribution in [1.29, 1.82) is 0 Å². The first-order valence-electron chi connectivity index (χ1n) is 5.24. The standard InChI is InChI=1S/C13H14N2/c1-3-7-13-14-11-8-5-6-9-12(11)15(13)10-4-2/h1,5-6,8-9H,4,7,10H2,2H3. The number of hydrogen-bond donors (Lipinski definition) is 0. The summed E-state index contributed by atoms with van der Waals surface area (Å²) in [6.45, 7) is 3.14. The Morgan fingerprint density at radius 1 is 1.40 bits per heavy atom. The molecule has 0 aliphatic rings. The summed E-state index contributed by atoms with van der Waals surface area (Å²) in [5.74, 6) is 3.66. The molecule has 0 aliphatic carbocycles. The number of hydrogen-bond acceptors (Lipinski definition) is 1. The maximum absolute atomic E-state index is 5.34. The van der Waals surface area contributed by atoms with Crippen LogP contribution < -0.4 is 0 Å². The van der Waals surface area contributed by atoms with E-state index in [1.165, 1.54) is 5.52 Å². The molecule has 2 rings (SSSR count). The Morgan fingerprint density at radius 3 is 2.93 bits per heavy atom. The minimum Gasteiger partial charge on any atom is -0.327 e. The molecule has 1 heterocycles. The molecule has 2 nitrogen and oxygen atoms in total. The van der Waals surface area contributed by atoms with Crippen molar-refractivity contribution in [2.75, 3.05) is 0 Å². The Labute approximate surface area is 89.9 Å². The van der Waals surface area contributed by atoms with Crippen molar-refractivity contribution in [2.45, 2.75) is 26.3 Å². The fourth-order valence-corrected chi connectivity index (χ4v) is 1.82. The summed E-state index contributed by atoms with van der Waals surface area (Å²) in [4.78, 5) is 4.54. The largest absolute Gasteiger partial charge is 0.327 e. The van der Waals surface area contributed by atoms with Gasteiger partial charge >= 0.3 is 0 Å². The van der Waals surface area contributed by atoms with E-state index in [4.69, 9.17) is 6.42 Å². The van der Waals surface area contributed by atoms with Gasteiger partial charge in [0, 0.05) is 6.54 Å². The average Bonchev–Trinajstić information content (AvgIpc) is 2.59. The van der Waals surface area contributed by atoms with Crippen molar-refractivity contribution >= 4 is 11.0 Å². The lowest BCUT2D eigenvalue weighted by Crippen LogP contribution is -2.02. The quantitative estimate of drug-likeness (QED) is 0.693. The van der Waals surface area contributed by atoms with Crippen LogP contribution in [0.5, 0.6) is 0 Å². The molecular formula is C13H14N2. The first-order chi connectivity index (χ1) is 7.36. The van der Waals surface area contributed by atoms with E-state index in [0.29, 0.717) is 6.42 Å². The number of fused-ring (bicyclic) bond motifs is 1. The normalized spacial score (nSPS) is 10.4. The lowest BCUT2D eigenvalue weighted by Gasteiger charge is -2.04. The first kappa shape index (κ1) is 9.79. The molecule has 0 radical (unpaired) electrons. The monoisotopic (exact) mass is 198 g/mol. The van der Waals surface area contributed by atoms with Gasteiger partial charge in [0.15, 0.2) is 0 Å². The van der Waals surface area contributed by atoms with Crippen molar-refractivity contribution < 1.29 is 0 Å². The molecule has 2 heteroatoms. The molecule has 0 N–H and O–H groups in total. The van der Waals surface area contributed by atoms with Gasteiger partial charge in [-0.1, -0.05) is 25.0 Å². The van der Waals surface area contributed by atoms with Crippen molar-refractivity contribution in [3.05, 3.63) is 30.1 Å². The SMILES string of the molecule is C#CCc1nc2ccccc2n1CCC. The highest BCUT2D eigenvalue weighted by molar-refractivity contribution is 5.75. The molecule has 0 saturated carbocycles. The Balaban J connectivity index is 2.59. The lowest BCUT2D eigenvalue weighted by molar-refractivity contribution is 0.668. The van der Waals surface area contributed by atoms with E-state index < -0.39 is 0 Å². The van der Waals surface area contributed by atoms with Gasteiger partial charge in [-0.05, 0) is 18.6 Å². The van der Waals surface area contributed by atoms with Crippen molar-refractivity contribution in [1.82, 2.24) is 9.55 Å². The fourth-order valence-electron chi connectivity index (χ4n) is 1.82. The van der Waals surface area contributed by atoms with Gasteiger partial charge in [0.05, 0.1) is 17.5 Å². The number of aromatic nitrogens is 2. The van der Waals surface area contributed by atoms with Crippen LogP contribution in [0.3, 0.4) is 0 Å².